The van der Waals surface area contributed by atoms with Gasteiger partial charge in [0.25, 0.3) is 0 Å². The number of hydrogen-bond donors (Lipinski definition) is 0. The third-order valence-electron chi connectivity index (χ3n) is 6.43. The van der Waals surface area contributed by atoms with E-state index in [-0.39, 0.29) is 12.3 Å². The van der Waals surface area contributed by atoms with Gasteiger partial charge in [-0.15, -0.1) is 5.10 Å². The van der Waals surface area contributed by atoms with Crippen molar-refractivity contribution in [3.8, 4) is 22.6 Å². The van der Waals surface area contributed by atoms with E-state index in [9.17, 15) is 57.1 Å². The van der Waals surface area contributed by atoms with Crippen LogP contribution in [0.4, 0.5) is 57.1 Å². The summed E-state index contributed by atoms with van der Waals surface area (Å²) in [4.78, 5) is 0. The number of nitrogens with zero attached hydrogens (tertiary/aromatic N) is 3. The summed E-state index contributed by atoms with van der Waals surface area (Å²) < 4.78 is 184. The van der Waals surface area contributed by atoms with Gasteiger partial charge in [0, 0.05) is 13.0 Å². The van der Waals surface area contributed by atoms with Crippen LogP contribution in [0.2, 0.25) is 0 Å². The highest BCUT2D eigenvalue weighted by molar-refractivity contribution is 5.64. The van der Waals surface area contributed by atoms with E-state index in [1.807, 2.05) is 31.2 Å². The van der Waals surface area contributed by atoms with Crippen molar-refractivity contribution in [3.63, 3.8) is 0 Å². The van der Waals surface area contributed by atoms with Crippen molar-refractivity contribution in [1.29, 1.82) is 0 Å². The lowest BCUT2D eigenvalue weighted by atomic mass is 9.92. The molecule has 0 N–H and O–H groups in total. The second-order valence-electron chi connectivity index (χ2n) is 9.76. The standard InChI is InChI=1S/C27H24F13N3O2/c1-2-3-14-44-20-8-4-17(5-9-20)18-6-10-21(11-7-18)45-16-19-15-43(42-41-19)13-12-22(28,29)23(30,31)24(32,33)25(34,35)26(36,37)27(38,39)40/h4-11,15H,2-3,12-14,16H2,1H3. The van der Waals surface area contributed by atoms with Gasteiger partial charge in [-0.05, 0) is 41.8 Å². The number of aryl methyl sites for hydroxylation is 1. The zero-order valence-electron chi connectivity index (χ0n) is 23.0. The molecule has 0 bridgehead atoms. The summed E-state index contributed by atoms with van der Waals surface area (Å²) in [5.41, 5.74) is 1.59. The van der Waals surface area contributed by atoms with Crippen LogP contribution in [0.15, 0.2) is 54.7 Å². The van der Waals surface area contributed by atoms with E-state index in [4.69, 9.17) is 9.47 Å². The van der Waals surface area contributed by atoms with E-state index in [1.54, 1.807) is 24.3 Å². The Bertz CT molecular complexity index is 1390. The van der Waals surface area contributed by atoms with Crippen molar-refractivity contribution >= 4 is 0 Å². The topological polar surface area (TPSA) is 49.2 Å². The minimum absolute atomic E-state index is 0.0884. The summed E-state index contributed by atoms with van der Waals surface area (Å²) in [6.07, 6.45) is -7.12. The van der Waals surface area contributed by atoms with Gasteiger partial charge in [-0.1, -0.05) is 42.8 Å². The molecule has 0 spiro atoms. The summed E-state index contributed by atoms with van der Waals surface area (Å²) in [6, 6.07) is 13.9. The number of halogens is 13. The summed E-state index contributed by atoms with van der Waals surface area (Å²) >= 11 is 0. The molecule has 45 heavy (non-hydrogen) atoms. The molecular formula is C27H24F13N3O2. The fourth-order valence-corrected chi connectivity index (χ4v) is 3.71. The smallest absolute Gasteiger partial charge is 0.460 e. The number of aromatic nitrogens is 3. The van der Waals surface area contributed by atoms with Crippen molar-refractivity contribution in [3.05, 3.63) is 60.4 Å². The highest BCUT2D eigenvalue weighted by Crippen LogP contribution is 2.60. The fraction of sp³-hybridized carbons (Fsp3) is 0.481. The molecule has 0 atom stereocenters. The van der Waals surface area contributed by atoms with Gasteiger partial charge in [0.2, 0.25) is 0 Å². The molecule has 3 rings (SSSR count). The molecule has 18 heteroatoms. The minimum Gasteiger partial charge on any atom is -0.494 e. The van der Waals surface area contributed by atoms with Gasteiger partial charge in [-0.25, -0.2) is 0 Å². The van der Waals surface area contributed by atoms with Crippen LogP contribution in [0.25, 0.3) is 11.1 Å². The lowest BCUT2D eigenvalue weighted by Crippen LogP contribution is -2.70. The molecular weight excluding hydrogens is 645 g/mol. The van der Waals surface area contributed by atoms with Gasteiger partial charge >= 0.3 is 35.8 Å². The SMILES string of the molecule is CCCCOc1ccc(-c2ccc(OCc3cn(CCC(F)(F)C(F)(F)C(F)(F)C(F)(F)C(F)(F)C(F)(F)F)nn3)cc2)cc1. The average molecular weight is 669 g/mol. The fourth-order valence-electron chi connectivity index (χ4n) is 3.71. The van der Waals surface area contributed by atoms with Gasteiger partial charge in [0.15, 0.2) is 0 Å². The van der Waals surface area contributed by atoms with E-state index in [1.165, 1.54) is 0 Å². The Labute approximate surface area is 246 Å². The average Bonchev–Trinajstić information content (AvgIpc) is 3.43. The van der Waals surface area contributed by atoms with Crippen molar-refractivity contribution in [2.45, 2.75) is 75.1 Å². The van der Waals surface area contributed by atoms with Crippen molar-refractivity contribution < 1.29 is 66.5 Å². The van der Waals surface area contributed by atoms with Crippen LogP contribution in [-0.2, 0) is 13.2 Å². The zero-order valence-corrected chi connectivity index (χ0v) is 23.0. The van der Waals surface area contributed by atoms with Crippen LogP contribution in [0, 0.1) is 0 Å². The molecule has 0 aliphatic carbocycles. The number of unbranched alkanes of at least 4 members (excludes halogenated alkanes) is 1. The largest absolute Gasteiger partial charge is 0.494 e. The highest BCUT2D eigenvalue weighted by Gasteiger charge is 2.90. The molecule has 0 unspecified atom stereocenters. The molecule has 2 aromatic carbocycles. The maximum atomic E-state index is 14.0. The third-order valence-corrected chi connectivity index (χ3v) is 6.43. The third kappa shape index (κ3) is 7.24. The Hall–Kier alpha value is -3.73. The number of rotatable bonds is 15. The van der Waals surface area contributed by atoms with Gasteiger partial charge in [0.1, 0.15) is 23.8 Å². The quantitative estimate of drug-likeness (QED) is 0.120. The predicted molar refractivity (Wildman–Crippen MR) is 132 cm³/mol. The van der Waals surface area contributed by atoms with Gasteiger partial charge in [0.05, 0.1) is 12.8 Å². The van der Waals surface area contributed by atoms with Crippen molar-refractivity contribution in [2.75, 3.05) is 6.61 Å². The van der Waals surface area contributed by atoms with E-state index in [0.717, 1.165) is 30.2 Å². The highest BCUT2D eigenvalue weighted by atomic mass is 19.4. The van der Waals surface area contributed by atoms with Gasteiger partial charge in [-0.2, -0.15) is 57.1 Å². The molecule has 1 heterocycles. The maximum Gasteiger partial charge on any atom is 0.460 e. The molecule has 3 aromatic rings. The lowest BCUT2D eigenvalue weighted by Gasteiger charge is -2.39. The minimum atomic E-state index is -7.94. The first-order valence-electron chi connectivity index (χ1n) is 13.0. The number of alkyl halides is 13. The van der Waals surface area contributed by atoms with Crippen molar-refractivity contribution in [1.82, 2.24) is 15.0 Å². The molecule has 5 nitrogen and oxygen atoms in total. The first-order chi connectivity index (χ1) is 20.7. The predicted octanol–water partition coefficient (Wildman–Crippen LogP) is 8.83. The first-order valence-corrected chi connectivity index (χ1v) is 13.0. The van der Waals surface area contributed by atoms with Crippen LogP contribution < -0.4 is 9.47 Å². The Morgan fingerprint density at radius 3 is 1.62 bits per heavy atom. The monoisotopic (exact) mass is 669 g/mol. The summed E-state index contributed by atoms with van der Waals surface area (Å²) in [5.74, 6) is -36.1. The molecule has 250 valence electrons. The normalized spacial score (nSPS) is 13.6. The Balaban J connectivity index is 1.59. The van der Waals surface area contributed by atoms with Crippen LogP contribution in [-0.4, -0.2) is 57.4 Å². The lowest BCUT2D eigenvalue weighted by molar-refractivity contribution is -0.440. The molecule has 0 radical (unpaired) electrons. The van der Waals surface area contributed by atoms with E-state index in [2.05, 4.69) is 10.3 Å². The molecule has 0 saturated carbocycles. The molecule has 0 amide bonds. The molecule has 0 aliphatic heterocycles. The Kier molecular flexibility index (Phi) is 10.3. The van der Waals surface area contributed by atoms with Crippen LogP contribution in [0.5, 0.6) is 11.5 Å². The summed E-state index contributed by atoms with van der Waals surface area (Å²) in [7, 11) is 0. The molecule has 1 aromatic heterocycles. The van der Waals surface area contributed by atoms with E-state index >= 15 is 0 Å². The molecule has 0 aliphatic rings. The maximum absolute atomic E-state index is 14.0. The van der Waals surface area contributed by atoms with E-state index in [0.29, 0.717) is 22.8 Å². The van der Waals surface area contributed by atoms with Gasteiger partial charge < -0.3 is 9.47 Å². The Morgan fingerprint density at radius 1 is 0.644 bits per heavy atom. The van der Waals surface area contributed by atoms with Crippen LogP contribution >= 0.6 is 0 Å². The second-order valence-corrected chi connectivity index (χ2v) is 9.76. The summed E-state index contributed by atoms with van der Waals surface area (Å²) in [6.45, 7) is 0.881. The molecule has 0 saturated heterocycles. The second kappa shape index (κ2) is 12.9. The van der Waals surface area contributed by atoms with Crippen molar-refractivity contribution in [2.24, 2.45) is 0 Å². The first kappa shape index (κ1) is 35.7. The van der Waals surface area contributed by atoms with Crippen LogP contribution in [0.3, 0.4) is 0 Å². The molecule has 0 fully saturated rings. The van der Waals surface area contributed by atoms with Gasteiger partial charge in [-0.3, -0.25) is 4.68 Å². The number of ether oxygens (including phenoxy) is 2. The van der Waals surface area contributed by atoms with E-state index < -0.39 is 48.8 Å². The Morgan fingerprint density at radius 2 is 1.13 bits per heavy atom. The van der Waals surface area contributed by atoms with Crippen LogP contribution in [0.1, 0.15) is 31.9 Å². The summed E-state index contributed by atoms with van der Waals surface area (Å²) in [5, 5.41) is 6.77. The number of hydrogen-bond acceptors (Lipinski definition) is 4. The zero-order chi connectivity index (χ0) is 33.9. The number of benzene rings is 2.